The average Bonchev–Trinajstić information content (AvgIpc) is 2.88. The van der Waals surface area contributed by atoms with Gasteiger partial charge in [0.25, 0.3) is 0 Å². The Labute approximate surface area is 133 Å². The lowest BCUT2D eigenvalue weighted by Crippen LogP contribution is -2.50. The Kier molecular flexibility index (Phi) is 5.11. The molecule has 2 saturated heterocycles. The van der Waals surface area contributed by atoms with Crippen LogP contribution in [0.2, 0.25) is 0 Å². The fourth-order valence-corrected chi connectivity index (χ4v) is 3.62. The van der Waals surface area contributed by atoms with Crippen LogP contribution < -0.4 is 10.6 Å². The molecule has 2 N–H and O–H groups in total. The Balaban J connectivity index is 1.51. The smallest absolute Gasteiger partial charge is 0.237 e. The van der Waals surface area contributed by atoms with Gasteiger partial charge in [0.2, 0.25) is 5.91 Å². The van der Waals surface area contributed by atoms with Crippen LogP contribution in [0.15, 0.2) is 30.3 Å². The van der Waals surface area contributed by atoms with Gasteiger partial charge in [-0.3, -0.25) is 9.69 Å². The molecule has 1 aromatic rings. The van der Waals surface area contributed by atoms with Crippen LogP contribution in [0.4, 0.5) is 0 Å². The minimum absolute atomic E-state index is 0.0206. The lowest BCUT2D eigenvalue weighted by Gasteiger charge is -2.24. The van der Waals surface area contributed by atoms with Crippen molar-refractivity contribution in [3.05, 3.63) is 35.9 Å². The number of hydrogen-bond donors (Lipinski definition) is 2. The van der Waals surface area contributed by atoms with Gasteiger partial charge in [0.05, 0.1) is 6.04 Å². The molecule has 1 amide bonds. The van der Waals surface area contributed by atoms with Gasteiger partial charge in [-0.05, 0) is 38.3 Å². The number of hydrogen-bond acceptors (Lipinski definition) is 3. The zero-order valence-corrected chi connectivity index (χ0v) is 13.4. The summed E-state index contributed by atoms with van der Waals surface area (Å²) in [5, 5.41) is 6.58. The number of nitrogens with zero attached hydrogens (tertiary/aromatic N) is 1. The van der Waals surface area contributed by atoms with Crippen LogP contribution in [0.3, 0.4) is 0 Å². The van der Waals surface area contributed by atoms with Gasteiger partial charge in [0.15, 0.2) is 0 Å². The Morgan fingerprint density at radius 1 is 1.32 bits per heavy atom. The quantitative estimate of drug-likeness (QED) is 0.893. The first kappa shape index (κ1) is 15.5. The third-order valence-corrected chi connectivity index (χ3v) is 4.91. The lowest BCUT2D eigenvalue weighted by molar-refractivity contribution is -0.124. The molecule has 2 unspecified atom stereocenters. The van der Waals surface area contributed by atoms with E-state index in [4.69, 9.17) is 0 Å². The lowest BCUT2D eigenvalue weighted by atomic mass is 10.0. The first-order valence-corrected chi connectivity index (χ1v) is 8.54. The molecule has 4 nitrogen and oxygen atoms in total. The van der Waals surface area contributed by atoms with Gasteiger partial charge in [-0.25, -0.2) is 0 Å². The van der Waals surface area contributed by atoms with E-state index in [1.165, 1.54) is 12.0 Å². The zero-order chi connectivity index (χ0) is 15.4. The van der Waals surface area contributed by atoms with Crippen molar-refractivity contribution in [1.82, 2.24) is 15.5 Å². The van der Waals surface area contributed by atoms with E-state index >= 15 is 0 Å². The fraction of sp³-hybridized carbons (Fsp3) is 0.611. The summed E-state index contributed by atoms with van der Waals surface area (Å²) in [5.41, 5.74) is 1.34. The summed E-state index contributed by atoms with van der Waals surface area (Å²) in [6, 6.07) is 11.4. The van der Waals surface area contributed by atoms with E-state index in [1.54, 1.807) is 0 Å². The molecule has 0 bridgehead atoms. The van der Waals surface area contributed by atoms with E-state index in [0.717, 1.165) is 38.9 Å². The molecule has 3 rings (SSSR count). The van der Waals surface area contributed by atoms with Crippen molar-refractivity contribution in [2.45, 2.75) is 57.3 Å². The Morgan fingerprint density at radius 3 is 2.86 bits per heavy atom. The number of benzene rings is 1. The van der Waals surface area contributed by atoms with Crippen LogP contribution >= 0.6 is 0 Å². The second-order valence-electron chi connectivity index (χ2n) is 6.71. The highest BCUT2D eigenvalue weighted by Gasteiger charge is 2.31. The van der Waals surface area contributed by atoms with Crippen molar-refractivity contribution in [1.29, 1.82) is 0 Å². The Hall–Kier alpha value is -1.39. The van der Waals surface area contributed by atoms with Crippen LogP contribution in [-0.2, 0) is 11.3 Å². The molecule has 1 aromatic carbocycles. The number of rotatable bonds is 4. The summed E-state index contributed by atoms with van der Waals surface area (Å²) in [6.07, 6.45) is 4.37. The highest BCUT2D eigenvalue weighted by Crippen LogP contribution is 2.20. The van der Waals surface area contributed by atoms with Gasteiger partial charge in [0, 0.05) is 25.2 Å². The van der Waals surface area contributed by atoms with E-state index in [9.17, 15) is 4.79 Å². The van der Waals surface area contributed by atoms with Gasteiger partial charge in [0.1, 0.15) is 0 Å². The molecule has 3 atom stereocenters. The van der Waals surface area contributed by atoms with Crippen molar-refractivity contribution in [2.75, 3.05) is 13.1 Å². The molecule has 22 heavy (non-hydrogen) atoms. The van der Waals surface area contributed by atoms with Gasteiger partial charge < -0.3 is 10.6 Å². The normalized spacial score (nSPS) is 29.4. The summed E-state index contributed by atoms with van der Waals surface area (Å²) in [6.45, 7) is 5.15. The fourth-order valence-electron chi connectivity index (χ4n) is 3.62. The molecule has 4 heteroatoms. The molecule has 2 aliphatic rings. The maximum absolute atomic E-state index is 12.3. The van der Waals surface area contributed by atoms with Crippen LogP contribution in [0.1, 0.15) is 38.2 Å². The second-order valence-corrected chi connectivity index (χ2v) is 6.71. The largest absolute Gasteiger partial charge is 0.351 e. The Morgan fingerprint density at radius 2 is 2.14 bits per heavy atom. The summed E-state index contributed by atoms with van der Waals surface area (Å²) in [4.78, 5) is 14.8. The summed E-state index contributed by atoms with van der Waals surface area (Å²) < 4.78 is 0. The van der Waals surface area contributed by atoms with Gasteiger partial charge in [-0.15, -0.1) is 0 Å². The standard InChI is InChI=1S/C18H27N3O/c1-14-11-16(20-18(22)17-9-5-6-10-19-17)13-21(14)12-15-7-3-2-4-8-15/h2-4,7-8,14,16-17,19H,5-6,9-13H2,1H3,(H,20,22)/t14?,16?,17-/m1/s1. The van der Waals surface area contributed by atoms with Gasteiger partial charge in [-0.1, -0.05) is 36.8 Å². The number of carbonyl (C=O) groups is 1. The molecule has 0 radical (unpaired) electrons. The van der Waals surface area contributed by atoms with Crippen molar-refractivity contribution in [3.63, 3.8) is 0 Å². The highest BCUT2D eigenvalue weighted by molar-refractivity contribution is 5.82. The third-order valence-electron chi connectivity index (χ3n) is 4.91. The summed E-state index contributed by atoms with van der Waals surface area (Å²) in [7, 11) is 0. The average molecular weight is 301 g/mol. The second kappa shape index (κ2) is 7.25. The minimum Gasteiger partial charge on any atom is -0.351 e. The maximum atomic E-state index is 12.3. The van der Waals surface area contributed by atoms with Gasteiger partial charge in [-0.2, -0.15) is 0 Å². The Bertz CT molecular complexity index is 484. The first-order valence-electron chi connectivity index (χ1n) is 8.54. The van der Waals surface area contributed by atoms with E-state index in [2.05, 4.69) is 52.8 Å². The van der Waals surface area contributed by atoms with Gasteiger partial charge >= 0.3 is 0 Å². The predicted molar refractivity (Wildman–Crippen MR) is 88.5 cm³/mol. The molecule has 0 spiro atoms. The molecule has 0 aliphatic carbocycles. The van der Waals surface area contributed by atoms with E-state index < -0.39 is 0 Å². The number of piperidine rings is 1. The van der Waals surface area contributed by atoms with E-state index in [1.807, 2.05) is 0 Å². The first-order chi connectivity index (χ1) is 10.7. The molecule has 2 fully saturated rings. The minimum atomic E-state index is 0.0206. The molecule has 0 saturated carbocycles. The summed E-state index contributed by atoms with van der Waals surface area (Å²) >= 11 is 0. The van der Waals surface area contributed by atoms with Crippen LogP contribution in [0.5, 0.6) is 0 Å². The monoisotopic (exact) mass is 301 g/mol. The number of likely N-dealkylation sites (tertiary alicyclic amines) is 1. The maximum Gasteiger partial charge on any atom is 0.237 e. The molecule has 2 heterocycles. The number of carbonyl (C=O) groups excluding carboxylic acids is 1. The molecular weight excluding hydrogens is 274 g/mol. The number of nitrogens with one attached hydrogen (secondary N) is 2. The highest BCUT2D eigenvalue weighted by atomic mass is 16.2. The molecule has 120 valence electrons. The van der Waals surface area contributed by atoms with E-state index in [-0.39, 0.29) is 18.0 Å². The van der Waals surface area contributed by atoms with Crippen LogP contribution in [-0.4, -0.2) is 42.0 Å². The molecular formula is C18H27N3O. The zero-order valence-electron chi connectivity index (χ0n) is 13.4. The van der Waals surface area contributed by atoms with Crippen molar-refractivity contribution < 1.29 is 4.79 Å². The number of amides is 1. The SMILES string of the molecule is CC1CC(NC(=O)[C@H]2CCCCN2)CN1Cc1ccccc1. The van der Waals surface area contributed by atoms with Crippen molar-refractivity contribution >= 4 is 5.91 Å². The molecule has 0 aromatic heterocycles. The summed E-state index contributed by atoms with van der Waals surface area (Å²) in [5.74, 6) is 0.193. The van der Waals surface area contributed by atoms with Crippen LogP contribution in [0, 0.1) is 0 Å². The predicted octanol–water partition coefficient (Wildman–Crippen LogP) is 1.91. The van der Waals surface area contributed by atoms with Crippen molar-refractivity contribution in [2.24, 2.45) is 0 Å². The van der Waals surface area contributed by atoms with Crippen LogP contribution in [0.25, 0.3) is 0 Å². The third kappa shape index (κ3) is 3.87. The van der Waals surface area contributed by atoms with Crippen molar-refractivity contribution in [3.8, 4) is 0 Å². The molecule has 2 aliphatic heterocycles. The topological polar surface area (TPSA) is 44.4 Å². The van der Waals surface area contributed by atoms with E-state index in [0.29, 0.717) is 6.04 Å².